The number of rotatable bonds is 5. The van der Waals surface area contributed by atoms with E-state index in [9.17, 15) is 0 Å². The minimum Gasteiger partial charge on any atom is -0.489 e. The number of nitrogens with zero attached hydrogens (tertiary/aromatic N) is 2. The molecule has 0 spiro atoms. The lowest BCUT2D eigenvalue weighted by Gasteiger charge is -2.06. The normalized spacial score (nSPS) is 10.6. The number of benzene rings is 3. The van der Waals surface area contributed by atoms with Crippen molar-refractivity contribution in [2.24, 2.45) is 0 Å². The van der Waals surface area contributed by atoms with Crippen LogP contribution in [0, 0.1) is 0 Å². The lowest BCUT2D eigenvalue weighted by molar-refractivity contribution is 0.306. The molecule has 0 aliphatic heterocycles. The predicted molar refractivity (Wildman–Crippen MR) is 100 cm³/mol. The zero-order valence-electron chi connectivity index (χ0n) is 14.0. The Hall–Kier alpha value is -3.60. The highest BCUT2D eigenvalue weighted by Gasteiger charge is 2.10. The van der Waals surface area contributed by atoms with Crippen LogP contribution in [0.2, 0.25) is 0 Å². The Balaban J connectivity index is 1.46. The number of nitrogen functional groups attached to an aromatic ring is 1. The quantitative estimate of drug-likeness (QED) is 0.538. The lowest BCUT2D eigenvalue weighted by Crippen LogP contribution is -1.94. The van der Waals surface area contributed by atoms with Crippen LogP contribution < -0.4 is 10.5 Å². The summed E-state index contributed by atoms with van der Waals surface area (Å²) >= 11 is 0. The molecule has 2 N–H and O–H groups in total. The van der Waals surface area contributed by atoms with Crippen LogP contribution in [0.15, 0.2) is 83.4 Å². The molecule has 0 radical (unpaired) electrons. The summed E-state index contributed by atoms with van der Waals surface area (Å²) < 4.78 is 11.1. The largest absolute Gasteiger partial charge is 0.489 e. The van der Waals surface area contributed by atoms with Gasteiger partial charge in [-0.05, 0) is 54.1 Å². The molecule has 4 rings (SSSR count). The number of anilines is 1. The summed E-state index contributed by atoms with van der Waals surface area (Å²) in [5.41, 5.74) is 9.22. The third-order valence-electron chi connectivity index (χ3n) is 3.94. The molecule has 0 saturated heterocycles. The zero-order chi connectivity index (χ0) is 17.8. The van der Waals surface area contributed by atoms with Crippen LogP contribution in [-0.2, 0) is 6.61 Å². The predicted octanol–water partition coefficient (Wildman–Crippen LogP) is 4.56. The van der Waals surface area contributed by atoms with Crippen LogP contribution in [0.5, 0.6) is 5.75 Å². The van der Waals surface area contributed by atoms with Crippen LogP contribution in [0.1, 0.15) is 5.56 Å². The van der Waals surface area contributed by atoms with Crippen molar-refractivity contribution in [1.29, 1.82) is 0 Å². The van der Waals surface area contributed by atoms with Gasteiger partial charge in [0.25, 0.3) is 5.89 Å². The van der Waals surface area contributed by atoms with E-state index in [2.05, 4.69) is 10.1 Å². The first-order valence-corrected chi connectivity index (χ1v) is 8.25. The summed E-state index contributed by atoms with van der Waals surface area (Å²) in [4.78, 5) is 4.44. The zero-order valence-corrected chi connectivity index (χ0v) is 14.0. The molecule has 0 aliphatic carbocycles. The van der Waals surface area contributed by atoms with E-state index >= 15 is 0 Å². The average Bonchev–Trinajstić information content (AvgIpc) is 3.18. The number of hydrogen-bond acceptors (Lipinski definition) is 5. The second kappa shape index (κ2) is 7.11. The fourth-order valence-corrected chi connectivity index (χ4v) is 2.52. The van der Waals surface area contributed by atoms with E-state index in [4.69, 9.17) is 15.0 Å². The van der Waals surface area contributed by atoms with Crippen LogP contribution in [-0.4, -0.2) is 10.1 Å². The molecule has 3 aromatic carbocycles. The van der Waals surface area contributed by atoms with E-state index in [1.807, 2.05) is 66.7 Å². The van der Waals surface area contributed by atoms with Gasteiger partial charge in [-0.15, -0.1) is 0 Å². The van der Waals surface area contributed by atoms with Gasteiger partial charge in [-0.2, -0.15) is 4.98 Å². The Morgan fingerprint density at radius 2 is 1.50 bits per heavy atom. The molecule has 0 atom stereocenters. The summed E-state index contributed by atoms with van der Waals surface area (Å²) in [5.74, 6) is 1.79. The van der Waals surface area contributed by atoms with Crippen molar-refractivity contribution in [3.8, 4) is 28.6 Å². The Morgan fingerprint density at radius 3 is 2.23 bits per heavy atom. The maximum absolute atomic E-state index is 5.79. The first kappa shape index (κ1) is 15.9. The highest BCUT2D eigenvalue weighted by atomic mass is 16.5. The lowest BCUT2D eigenvalue weighted by atomic mass is 10.2. The van der Waals surface area contributed by atoms with E-state index in [-0.39, 0.29) is 0 Å². The molecular weight excluding hydrogens is 326 g/mol. The highest BCUT2D eigenvalue weighted by Crippen LogP contribution is 2.24. The first-order chi connectivity index (χ1) is 12.8. The van der Waals surface area contributed by atoms with E-state index in [0.29, 0.717) is 24.0 Å². The molecule has 0 unspecified atom stereocenters. The van der Waals surface area contributed by atoms with Gasteiger partial charge in [0.15, 0.2) is 0 Å². The molecule has 5 heteroatoms. The van der Waals surface area contributed by atoms with Crippen LogP contribution in [0.3, 0.4) is 0 Å². The summed E-state index contributed by atoms with van der Waals surface area (Å²) in [5, 5.41) is 4.05. The molecule has 5 nitrogen and oxygen atoms in total. The summed E-state index contributed by atoms with van der Waals surface area (Å²) in [6.45, 7) is 0.531. The standard InChI is InChI=1S/C21H17N3O2/c22-18-10-6-17(7-11-18)21-23-20(24-26-21)16-8-12-19(13-9-16)25-14-15-4-2-1-3-5-15/h1-13H,14,22H2. The molecular formula is C21H17N3O2. The van der Waals surface area contributed by atoms with Gasteiger partial charge in [0.1, 0.15) is 12.4 Å². The topological polar surface area (TPSA) is 74.2 Å². The molecule has 128 valence electrons. The number of nitrogens with two attached hydrogens (primary N) is 1. The van der Waals surface area contributed by atoms with Gasteiger partial charge in [-0.1, -0.05) is 35.5 Å². The van der Waals surface area contributed by atoms with Gasteiger partial charge >= 0.3 is 0 Å². The fourth-order valence-electron chi connectivity index (χ4n) is 2.52. The molecule has 0 bridgehead atoms. The number of aromatic nitrogens is 2. The number of hydrogen-bond donors (Lipinski definition) is 1. The smallest absolute Gasteiger partial charge is 0.258 e. The minimum atomic E-state index is 0.462. The fraction of sp³-hybridized carbons (Fsp3) is 0.0476. The van der Waals surface area contributed by atoms with Crippen molar-refractivity contribution in [2.45, 2.75) is 6.61 Å². The molecule has 26 heavy (non-hydrogen) atoms. The van der Waals surface area contributed by atoms with Gasteiger partial charge in [0, 0.05) is 16.8 Å². The Kier molecular flexibility index (Phi) is 4.35. The SMILES string of the molecule is Nc1ccc(-c2nc(-c3ccc(OCc4ccccc4)cc3)no2)cc1. The van der Waals surface area contributed by atoms with Crippen molar-refractivity contribution in [3.05, 3.63) is 84.4 Å². The van der Waals surface area contributed by atoms with Crippen LogP contribution >= 0.6 is 0 Å². The summed E-state index contributed by atoms with van der Waals surface area (Å²) in [6, 6.07) is 25.0. The minimum absolute atomic E-state index is 0.462. The average molecular weight is 343 g/mol. The Labute approximate surface area is 151 Å². The van der Waals surface area contributed by atoms with E-state index < -0.39 is 0 Å². The summed E-state index contributed by atoms with van der Waals surface area (Å²) in [6.07, 6.45) is 0. The Morgan fingerprint density at radius 1 is 0.808 bits per heavy atom. The second-order valence-electron chi connectivity index (χ2n) is 5.84. The van der Waals surface area contributed by atoms with E-state index in [1.54, 1.807) is 12.1 Å². The highest BCUT2D eigenvalue weighted by molar-refractivity contribution is 5.61. The van der Waals surface area contributed by atoms with Crippen molar-refractivity contribution < 1.29 is 9.26 Å². The molecule has 0 aliphatic rings. The van der Waals surface area contributed by atoms with Gasteiger partial charge in [0.2, 0.25) is 5.82 Å². The molecule has 0 fully saturated rings. The van der Waals surface area contributed by atoms with Gasteiger partial charge < -0.3 is 15.0 Å². The van der Waals surface area contributed by atoms with Gasteiger partial charge in [-0.3, -0.25) is 0 Å². The third kappa shape index (κ3) is 3.57. The van der Waals surface area contributed by atoms with Crippen molar-refractivity contribution >= 4 is 5.69 Å². The molecule has 4 aromatic rings. The van der Waals surface area contributed by atoms with Gasteiger partial charge in [-0.25, -0.2) is 0 Å². The first-order valence-electron chi connectivity index (χ1n) is 8.25. The molecule has 1 heterocycles. The second-order valence-corrected chi connectivity index (χ2v) is 5.84. The molecule has 0 saturated carbocycles. The number of ether oxygens (including phenoxy) is 1. The van der Waals surface area contributed by atoms with Crippen LogP contribution in [0.25, 0.3) is 22.8 Å². The van der Waals surface area contributed by atoms with Crippen molar-refractivity contribution in [3.63, 3.8) is 0 Å². The monoisotopic (exact) mass is 343 g/mol. The maximum Gasteiger partial charge on any atom is 0.258 e. The Bertz CT molecular complexity index is 978. The van der Waals surface area contributed by atoms with E-state index in [0.717, 1.165) is 22.4 Å². The maximum atomic E-state index is 5.79. The van der Waals surface area contributed by atoms with Gasteiger partial charge in [0.05, 0.1) is 0 Å². The van der Waals surface area contributed by atoms with Crippen molar-refractivity contribution in [2.75, 3.05) is 5.73 Å². The van der Waals surface area contributed by atoms with Crippen molar-refractivity contribution in [1.82, 2.24) is 10.1 Å². The molecule has 1 aromatic heterocycles. The van der Waals surface area contributed by atoms with Crippen LogP contribution in [0.4, 0.5) is 5.69 Å². The summed E-state index contributed by atoms with van der Waals surface area (Å²) in [7, 11) is 0. The van der Waals surface area contributed by atoms with E-state index in [1.165, 1.54) is 0 Å². The third-order valence-corrected chi connectivity index (χ3v) is 3.94. The molecule has 0 amide bonds.